The van der Waals surface area contributed by atoms with E-state index in [0.717, 1.165) is 52.7 Å². The fraction of sp³-hybridized carbons (Fsp3) is 0.450. The van der Waals surface area contributed by atoms with Crippen LogP contribution in [0.5, 0.6) is 0 Å². The first-order valence-corrected chi connectivity index (χ1v) is 11.3. The molecule has 4 rings (SSSR count). The minimum atomic E-state index is -0.364. The zero-order valence-corrected chi connectivity index (χ0v) is 18.6. The molecule has 3 aromatic heterocycles. The molecule has 1 aliphatic rings. The second-order valence-electron chi connectivity index (χ2n) is 7.26. The molecule has 12 heteroatoms. The Morgan fingerprint density at radius 3 is 2.72 bits per heavy atom. The normalized spacial score (nSPS) is 13.9. The van der Waals surface area contributed by atoms with E-state index in [2.05, 4.69) is 25.5 Å². The maximum atomic E-state index is 11.1. The highest BCUT2D eigenvalue weighted by molar-refractivity contribution is 7.23. The van der Waals surface area contributed by atoms with Crippen LogP contribution < -0.4 is 21.0 Å². The molecule has 0 radical (unpaired) electrons. The van der Waals surface area contributed by atoms with Gasteiger partial charge in [0.1, 0.15) is 0 Å². The number of hydroxylamine groups is 1. The Morgan fingerprint density at radius 2 is 2.00 bits per heavy atom. The zero-order chi connectivity index (χ0) is 22.3. The highest BCUT2D eigenvalue weighted by Gasteiger charge is 2.20. The smallest absolute Gasteiger partial charge is 0.243 e. The van der Waals surface area contributed by atoms with Crippen molar-refractivity contribution in [1.82, 2.24) is 25.4 Å². The summed E-state index contributed by atoms with van der Waals surface area (Å²) in [5.74, 6) is 1.66. The molecular weight excluding hydrogens is 432 g/mol. The van der Waals surface area contributed by atoms with E-state index in [1.54, 1.807) is 36.3 Å². The Labute approximate surface area is 189 Å². The number of hydrogen-bond donors (Lipinski definition) is 4. The number of nitrogens with zero attached hydrogens (tertiary/aromatic N) is 5. The Hall–Kier alpha value is -3.09. The van der Waals surface area contributed by atoms with Gasteiger partial charge in [0, 0.05) is 45.5 Å². The number of rotatable bonds is 9. The molecule has 11 nitrogen and oxygen atoms in total. The van der Waals surface area contributed by atoms with Crippen molar-refractivity contribution in [1.29, 1.82) is 0 Å². The highest BCUT2D eigenvalue weighted by Crippen LogP contribution is 2.36. The van der Waals surface area contributed by atoms with Crippen molar-refractivity contribution in [2.45, 2.75) is 19.3 Å². The number of carbonyl (C=O) groups is 1. The van der Waals surface area contributed by atoms with E-state index in [1.165, 1.54) is 0 Å². The third-order valence-electron chi connectivity index (χ3n) is 5.05. The minimum absolute atomic E-state index is 0.301. The average Bonchev–Trinajstić information content (AvgIpc) is 3.26. The lowest BCUT2D eigenvalue weighted by Gasteiger charge is -2.28. The number of anilines is 3. The third-order valence-corrected chi connectivity index (χ3v) is 6.13. The Bertz CT molecular complexity index is 1050. The number of fused-ring (bicyclic) bond motifs is 1. The SMILES string of the molecule is CNc1ncc(-c2nc(N3CCOCC3)c3sc(NCCCCC(=O)NO)cc3n2)cn1. The molecule has 0 atom stereocenters. The van der Waals surface area contributed by atoms with E-state index in [9.17, 15) is 4.79 Å². The lowest BCUT2D eigenvalue weighted by atomic mass is 10.2. The summed E-state index contributed by atoms with van der Waals surface area (Å²) in [6, 6.07) is 2.03. The van der Waals surface area contributed by atoms with Crippen molar-refractivity contribution in [2.75, 3.05) is 55.4 Å². The Morgan fingerprint density at radius 1 is 1.22 bits per heavy atom. The molecule has 4 heterocycles. The van der Waals surface area contributed by atoms with Crippen LogP contribution in [0, 0.1) is 0 Å². The summed E-state index contributed by atoms with van der Waals surface area (Å²) in [7, 11) is 1.77. The highest BCUT2D eigenvalue weighted by atomic mass is 32.1. The van der Waals surface area contributed by atoms with Crippen molar-refractivity contribution in [3.63, 3.8) is 0 Å². The molecule has 0 spiro atoms. The molecule has 0 aromatic carbocycles. The summed E-state index contributed by atoms with van der Waals surface area (Å²) in [6.45, 7) is 3.60. The van der Waals surface area contributed by atoms with E-state index in [-0.39, 0.29) is 5.91 Å². The predicted molar refractivity (Wildman–Crippen MR) is 123 cm³/mol. The van der Waals surface area contributed by atoms with Crippen LogP contribution >= 0.6 is 11.3 Å². The number of aromatic nitrogens is 4. The van der Waals surface area contributed by atoms with Gasteiger partial charge in [-0.25, -0.2) is 25.4 Å². The second kappa shape index (κ2) is 10.5. The molecule has 0 aliphatic carbocycles. The monoisotopic (exact) mass is 458 g/mol. The van der Waals surface area contributed by atoms with Crippen LogP contribution in [0.4, 0.5) is 16.8 Å². The fourth-order valence-electron chi connectivity index (χ4n) is 3.37. The van der Waals surface area contributed by atoms with Crippen LogP contribution in [-0.2, 0) is 9.53 Å². The third kappa shape index (κ3) is 5.21. The molecule has 1 fully saturated rings. The molecule has 3 aromatic rings. The first-order chi connectivity index (χ1) is 15.7. The van der Waals surface area contributed by atoms with Gasteiger partial charge < -0.3 is 20.3 Å². The number of unbranched alkanes of at least 4 members (excludes halogenated alkanes) is 1. The lowest BCUT2D eigenvalue weighted by molar-refractivity contribution is -0.129. The standard InChI is InChI=1S/C20H26N8O3S/c1-21-20-23-11-13(12-24-20)18-25-14-10-16(22-5-3-2-4-15(29)27-30)32-17(14)19(26-18)28-6-8-31-9-7-28/h10-12,22,30H,2-9H2,1H3,(H,27,29)(H,21,23,24). The second-order valence-corrected chi connectivity index (χ2v) is 8.31. The molecule has 1 aliphatic heterocycles. The molecule has 1 saturated heterocycles. The molecule has 4 N–H and O–H groups in total. The van der Waals surface area contributed by atoms with Gasteiger partial charge in [0.2, 0.25) is 11.9 Å². The van der Waals surface area contributed by atoms with Gasteiger partial charge in [-0.05, 0) is 18.9 Å². The topological polar surface area (TPSA) is 137 Å². The maximum Gasteiger partial charge on any atom is 0.243 e. The molecule has 0 bridgehead atoms. The van der Waals surface area contributed by atoms with Gasteiger partial charge in [0.15, 0.2) is 11.6 Å². The van der Waals surface area contributed by atoms with E-state index in [4.69, 9.17) is 19.9 Å². The first kappa shape index (κ1) is 22.1. The van der Waals surface area contributed by atoms with Gasteiger partial charge in [-0.2, -0.15) is 0 Å². The van der Waals surface area contributed by atoms with Gasteiger partial charge >= 0.3 is 0 Å². The number of amides is 1. The summed E-state index contributed by atoms with van der Waals surface area (Å²) in [4.78, 5) is 31.6. The maximum absolute atomic E-state index is 11.1. The molecule has 0 saturated carbocycles. The van der Waals surface area contributed by atoms with Gasteiger partial charge in [-0.15, -0.1) is 11.3 Å². The predicted octanol–water partition coefficient (Wildman–Crippen LogP) is 2.11. The average molecular weight is 459 g/mol. The summed E-state index contributed by atoms with van der Waals surface area (Å²) in [5.41, 5.74) is 3.27. The van der Waals surface area contributed by atoms with Crippen LogP contribution in [0.2, 0.25) is 0 Å². The summed E-state index contributed by atoms with van der Waals surface area (Å²) >= 11 is 1.62. The van der Waals surface area contributed by atoms with Crippen LogP contribution in [0.3, 0.4) is 0 Å². The van der Waals surface area contributed by atoms with Crippen molar-refractivity contribution in [2.24, 2.45) is 0 Å². The van der Waals surface area contributed by atoms with Crippen molar-refractivity contribution < 1.29 is 14.7 Å². The molecule has 1 amide bonds. The van der Waals surface area contributed by atoms with Crippen molar-refractivity contribution >= 4 is 44.2 Å². The number of ether oxygens (including phenoxy) is 1. The van der Waals surface area contributed by atoms with Crippen LogP contribution in [-0.4, -0.2) is 70.9 Å². The van der Waals surface area contributed by atoms with Gasteiger partial charge in [-0.1, -0.05) is 0 Å². The van der Waals surface area contributed by atoms with Gasteiger partial charge in [-0.3, -0.25) is 10.0 Å². The Kier molecular flexibility index (Phi) is 7.24. The largest absolute Gasteiger partial charge is 0.378 e. The zero-order valence-electron chi connectivity index (χ0n) is 17.8. The Balaban J connectivity index is 1.58. The van der Waals surface area contributed by atoms with Crippen molar-refractivity contribution in [3.8, 4) is 11.4 Å². The molecule has 0 unspecified atom stereocenters. The van der Waals surface area contributed by atoms with Crippen LogP contribution in [0.25, 0.3) is 21.6 Å². The van der Waals surface area contributed by atoms with Gasteiger partial charge in [0.05, 0.1) is 34.0 Å². The minimum Gasteiger partial charge on any atom is -0.378 e. The number of hydrogen-bond acceptors (Lipinski definition) is 11. The number of thiophene rings is 1. The van der Waals surface area contributed by atoms with Crippen LogP contribution in [0.1, 0.15) is 19.3 Å². The van der Waals surface area contributed by atoms with E-state index < -0.39 is 0 Å². The number of morpholine rings is 1. The van der Waals surface area contributed by atoms with E-state index in [1.807, 2.05) is 6.07 Å². The van der Waals surface area contributed by atoms with E-state index in [0.29, 0.717) is 37.8 Å². The lowest BCUT2D eigenvalue weighted by Crippen LogP contribution is -2.36. The van der Waals surface area contributed by atoms with Gasteiger partial charge in [0.25, 0.3) is 0 Å². The molecule has 170 valence electrons. The first-order valence-electron chi connectivity index (χ1n) is 10.5. The molecule has 32 heavy (non-hydrogen) atoms. The van der Waals surface area contributed by atoms with Crippen molar-refractivity contribution in [3.05, 3.63) is 18.5 Å². The van der Waals surface area contributed by atoms with E-state index >= 15 is 0 Å². The molecular formula is C20H26N8O3S. The summed E-state index contributed by atoms with van der Waals surface area (Å²) in [6.07, 6.45) is 5.24. The quantitative estimate of drug-likeness (QED) is 0.214. The fourth-order valence-corrected chi connectivity index (χ4v) is 4.41. The summed E-state index contributed by atoms with van der Waals surface area (Å²) in [5, 5.41) is 15.9. The summed E-state index contributed by atoms with van der Waals surface area (Å²) < 4.78 is 6.53. The van der Waals surface area contributed by atoms with Crippen LogP contribution in [0.15, 0.2) is 18.5 Å². The number of carbonyl (C=O) groups excluding carboxylic acids is 1. The number of nitrogens with one attached hydrogen (secondary N) is 3.